The summed E-state index contributed by atoms with van der Waals surface area (Å²) in [6.45, 7) is 10.1. The van der Waals surface area contributed by atoms with Gasteiger partial charge in [0, 0.05) is 29.4 Å². The topological polar surface area (TPSA) is 32.8 Å². The molecule has 0 saturated carbocycles. The van der Waals surface area contributed by atoms with Gasteiger partial charge in [0.1, 0.15) is 5.75 Å². The summed E-state index contributed by atoms with van der Waals surface area (Å²) >= 11 is 6.87. The summed E-state index contributed by atoms with van der Waals surface area (Å²) in [6, 6.07) is 13.9. The summed E-state index contributed by atoms with van der Waals surface area (Å²) in [5.74, 6) is 1.11. The van der Waals surface area contributed by atoms with Crippen LogP contribution in [0.5, 0.6) is 5.75 Å². The lowest BCUT2D eigenvalue weighted by atomic mass is 9.79. The number of thioether (sulfide) groups is 1. The van der Waals surface area contributed by atoms with Gasteiger partial charge in [0.2, 0.25) is 0 Å². The van der Waals surface area contributed by atoms with Gasteiger partial charge in [0.05, 0.1) is 17.7 Å². The number of carbonyl (C=O) groups excluding carboxylic acids is 1. The van der Waals surface area contributed by atoms with E-state index in [-0.39, 0.29) is 11.4 Å². The third-order valence-corrected chi connectivity index (χ3v) is 7.58. The van der Waals surface area contributed by atoms with Crippen molar-refractivity contribution in [3.05, 3.63) is 58.5 Å². The summed E-state index contributed by atoms with van der Waals surface area (Å²) in [4.78, 5) is 17.9. The molecule has 2 aliphatic rings. The number of hydrogen-bond acceptors (Lipinski definition) is 5. The molecule has 1 atom stereocenters. The van der Waals surface area contributed by atoms with Crippen molar-refractivity contribution in [3.8, 4) is 5.75 Å². The highest BCUT2D eigenvalue weighted by molar-refractivity contribution is 8.27. The molecule has 0 radical (unpaired) electrons. The van der Waals surface area contributed by atoms with E-state index in [0.717, 1.165) is 36.4 Å². The number of ether oxygens (including phenoxy) is 1. The van der Waals surface area contributed by atoms with Crippen LogP contribution in [0.4, 0.5) is 11.4 Å². The van der Waals surface area contributed by atoms with E-state index in [0.29, 0.717) is 15.1 Å². The van der Waals surface area contributed by atoms with E-state index in [9.17, 15) is 4.79 Å². The Labute approximate surface area is 200 Å². The minimum absolute atomic E-state index is 0.0900. The average Bonchev–Trinajstić information content (AvgIpc) is 3.04. The standard InChI is InChI=1S/C26H30N2O2S2/c1-6-12-27-21-15-22(30-5)18(13-20(21)17(2)16-26(27,3)4)14-23-24(29)28(25(31)32-23)19-10-8-7-9-11-19/h7-11,13-15,17H,6,12,16H2,1-5H3/b23-14+. The Morgan fingerprint density at radius 2 is 1.97 bits per heavy atom. The number of thiocarbonyl (C=S) groups is 1. The number of nitrogens with zero attached hydrogens (tertiary/aromatic N) is 2. The molecule has 2 aromatic carbocycles. The minimum atomic E-state index is -0.0900. The number of carbonyl (C=O) groups is 1. The molecular formula is C26H30N2O2S2. The third-order valence-electron chi connectivity index (χ3n) is 6.28. The summed E-state index contributed by atoms with van der Waals surface area (Å²) in [7, 11) is 1.69. The van der Waals surface area contributed by atoms with Gasteiger partial charge >= 0.3 is 0 Å². The zero-order valence-electron chi connectivity index (χ0n) is 19.3. The van der Waals surface area contributed by atoms with Gasteiger partial charge in [-0.25, -0.2) is 0 Å². The molecule has 0 bridgehead atoms. The predicted octanol–water partition coefficient (Wildman–Crippen LogP) is 6.60. The molecule has 6 heteroatoms. The lowest BCUT2D eigenvalue weighted by Gasteiger charge is -2.47. The van der Waals surface area contributed by atoms with E-state index in [1.165, 1.54) is 23.0 Å². The van der Waals surface area contributed by atoms with E-state index in [1.807, 2.05) is 36.4 Å². The van der Waals surface area contributed by atoms with Gasteiger partial charge < -0.3 is 9.64 Å². The zero-order valence-corrected chi connectivity index (χ0v) is 21.0. The Bertz CT molecular complexity index is 1080. The van der Waals surface area contributed by atoms with Crippen molar-refractivity contribution in [2.24, 2.45) is 0 Å². The Kier molecular flexibility index (Phi) is 6.37. The molecule has 2 heterocycles. The Balaban J connectivity index is 1.76. The SMILES string of the molecule is CCCN1c2cc(OC)c(/C=C3/SC(=S)N(c4ccccc4)C3=O)cc2C(C)CC1(C)C. The highest BCUT2D eigenvalue weighted by atomic mass is 32.2. The highest BCUT2D eigenvalue weighted by Crippen LogP contribution is 2.47. The summed E-state index contributed by atoms with van der Waals surface area (Å²) in [5, 5.41) is 0. The molecule has 2 aliphatic heterocycles. The molecule has 0 spiro atoms. The first-order valence-electron chi connectivity index (χ1n) is 11.1. The zero-order chi connectivity index (χ0) is 23.0. The number of anilines is 2. The number of para-hydroxylation sites is 1. The smallest absolute Gasteiger partial charge is 0.270 e. The van der Waals surface area contributed by atoms with Crippen molar-refractivity contribution in [1.82, 2.24) is 0 Å². The maximum Gasteiger partial charge on any atom is 0.270 e. The molecule has 1 fully saturated rings. The van der Waals surface area contributed by atoms with Crippen LogP contribution in [0.1, 0.15) is 57.6 Å². The third kappa shape index (κ3) is 4.06. The molecule has 0 aliphatic carbocycles. The normalized spacial score (nSPS) is 21.3. The molecule has 1 saturated heterocycles. The Morgan fingerprint density at radius 3 is 2.62 bits per heavy atom. The van der Waals surface area contributed by atoms with Crippen molar-refractivity contribution in [1.29, 1.82) is 0 Å². The van der Waals surface area contributed by atoms with Crippen molar-refractivity contribution >= 4 is 51.7 Å². The Hall–Kier alpha value is -2.31. The van der Waals surface area contributed by atoms with Crippen LogP contribution in [0.3, 0.4) is 0 Å². The monoisotopic (exact) mass is 466 g/mol. The van der Waals surface area contributed by atoms with Gasteiger partial charge in [-0.05, 0) is 62.4 Å². The summed E-state index contributed by atoms with van der Waals surface area (Å²) < 4.78 is 6.34. The van der Waals surface area contributed by atoms with Crippen LogP contribution in [0.25, 0.3) is 6.08 Å². The number of rotatable bonds is 5. The number of benzene rings is 2. The minimum Gasteiger partial charge on any atom is -0.496 e. The van der Waals surface area contributed by atoms with Crippen molar-refractivity contribution in [3.63, 3.8) is 0 Å². The largest absolute Gasteiger partial charge is 0.496 e. The second-order valence-electron chi connectivity index (χ2n) is 9.07. The molecular weight excluding hydrogens is 436 g/mol. The molecule has 4 rings (SSSR count). The van der Waals surface area contributed by atoms with Gasteiger partial charge in [0.15, 0.2) is 4.32 Å². The summed E-state index contributed by atoms with van der Waals surface area (Å²) in [5.41, 5.74) is 4.35. The van der Waals surface area contributed by atoms with Crippen LogP contribution in [0.2, 0.25) is 0 Å². The molecule has 32 heavy (non-hydrogen) atoms. The fourth-order valence-corrected chi connectivity index (χ4v) is 6.16. The van der Waals surface area contributed by atoms with Crippen molar-refractivity contribution in [2.75, 3.05) is 23.5 Å². The number of methoxy groups -OCH3 is 1. The van der Waals surface area contributed by atoms with Crippen molar-refractivity contribution in [2.45, 2.75) is 52.0 Å². The van der Waals surface area contributed by atoms with Gasteiger partial charge in [-0.1, -0.05) is 56.0 Å². The van der Waals surface area contributed by atoms with Crippen LogP contribution < -0.4 is 14.5 Å². The molecule has 4 nitrogen and oxygen atoms in total. The fourth-order valence-electron chi connectivity index (χ4n) is 4.87. The number of hydrogen-bond donors (Lipinski definition) is 0. The van der Waals surface area contributed by atoms with Crippen LogP contribution >= 0.6 is 24.0 Å². The first kappa shape index (κ1) is 22.9. The van der Waals surface area contributed by atoms with Crippen molar-refractivity contribution < 1.29 is 9.53 Å². The van der Waals surface area contributed by atoms with Gasteiger partial charge in [0.25, 0.3) is 5.91 Å². The fraction of sp³-hybridized carbons (Fsp3) is 0.385. The summed E-state index contributed by atoms with van der Waals surface area (Å²) in [6.07, 6.45) is 4.10. The maximum absolute atomic E-state index is 13.2. The van der Waals surface area contributed by atoms with E-state index < -0.39 is 0 Å². The molecule has 2 aromatic rings. The first-order chi connectivity index (χ1) is 15.3. The highest BCUT2D eigenvalue weighted by Gasteiger charge is 2.37. The molecule has 0 N–H and O–H groups in total. The van der Waals surface area contributed by atoms with Gasteiger partial charge in [-0.15, -0.1) is 0 Å². The van der Waals surface area contributed by atoms with Gasteiger partial charge in [-0.2, -0.15) is 0 Å². The molecule has 1 unspecified atom stereocenters. The van der Waals surface area contributed by atoms with E-state index in [2.05, 4.69) is 44.7 Å². The quantitative estimate of drug-likeness (QED) is 0.366. The molecule has 168 valence electrons. The first-order valence-corrected chi connectivity index (χ1v) is 12.3. The van der Waals surface area contributed by atoms with Gasteiger partial charge in [-0.3, -0.25) is 9.69 Å². The van der Waals surface area contributed by atoms with Crippen LogP contribution in [-0.2, 0) is 4.79 Å². The molecule has 0 aromatic heterocycles. The lowest BCUT2D eigenvalue weighted by Crippen LogP contribution is -2.48. The van der Waals surface area contributed by atoms with E-state index >= 15 is 0 Å². The van der Waals surface area contributed by atoms with Crippen LogP contribution in [-0.4, -0.2) is 29.4 Å². The second-order valence-corrected chi connectivity index (χ2v) is 10.8. The van der Waals surface area contributed by atoms with E-state index in [1.54, 1.807) is 12.0 Å². The number of amides is 1. The average molecular weight is 467 g/mol. The molecule has 1 amide bonds. The predicted molar refractivity (Wildman–Crippen MR) is 140 cm³/mol. The second kappa shape index (κ2) is 8.91. The Morgan fingerprint density at radius 1 is 1.25 bits per heavy atom. The van der Waals surface area contributed by atoms with Crippen LogP contribution in [0, 0.1) is 0 Å². The maximum atomic E-state index is 13.2. The van der Waals surface area contributed by atoms with E-state index in [4.69, 9.17) is 17.0 Å². The van der Waals surface area contributed by atoms with Crippen LogP contribution in [0.15, 0.2) is 47.4 Å². The lowest BCUT2D eigenvalue weighted by molar-refractivity contribution is -0.113. The number of fused-ring (bicyclic) bond motifs is 1.